The van der Waals surface area contributed by atoms with E-state index in [1.54, 1.807) is 6.92 Å². The topological polar surface area (TPSA) is 65.1 Å². The van der Waals surface area contributed by atoms with E-state index in [1.165, 1.54) is 4.90 Å². The first-order valence-corrected chi connectivity index (χ1v) is 13.8. The van der Waals surface area contributed by atoms with Crippen molar-refractivity contribution in [1.29, 1.82) is 0 Å². The number of esters is 1. The number of nitrogens with zero attached hydrogens (tertiary/aromatic N) is 1. The fourth-order valence-corrected chi connectivity index (χ4v) is 4.72. The Kier molecular flexibility index (Phi) is 8.49. The van der Waals surface area contributed by atoms with Gasteiger partial charge in [-0.15, -0.1) is 0 Å². The first kappa shape index (κ1) is 24.4. The zero-order valence-electron chi connectivity index (χ0n) is 19.3. The van der Waals surface area contributed by atoms with Crippen LogP contribution in [0.3, 0.4) is 0 Å². The van der Waals surface area contributed by atoms with Gasteiger partial charge in [-0.3, -0.25) is 4.90 Å². The molecule has 7 heteroatoms. The average Bonchev–Trinajstić information content (AvgIpc) is 2.88. The molecule has 2 unspecified atom stereocenters. The van der Waals surface area contributed by atoms with Gasteiger partial charge in [-0.2, -0.15) is 0 Å². The highest BCUT2D eigenvalue weighted by Gasteiger charge is 2.41. The summed E-state index contributed by atoms with van der Waals surface area (Å²) in [5.74, 6) is -0.373. The number of carbonyl (C=O) groups excluding carboxylic acids is 2. The predicted molar refractivity (Wildman–Crippen MR) is 120 cm³/mol. The van der Waals surface area contributed by atoms with Gasteiger partial charge in [0.05, 0.1) is 6.61 Å². The highest BCUT2D eigenvalue weighted by Crippen LogP contribution is 2.38. The number of likely N-dealkylation sites (tertiary alicyclic amines) is 1. The molecule has 2 atom stereocenters. The Bertz CT molecular complexity index is 701. The van der Waals surface area contributed by atoms with Gasteiger partial charge in [-0.05, 0) is 49.9 Å². The lowest BCUT2D eigenvalue weighted by Gasteiger charge is -2.39. The molecule has 0 aliphatic carbocycles. The van der Waals surface area contributed by atoms with Gasteiger partial charge in [0.1, 0.15) is 12.6 Å². The zero-order valence-corrected chi connectivity index (χ0v) is 20.3. The van der Waals surface area contributed by atoms with Gasteiger partial charge in [0, 0.05) is 12.6 Å². The molecule has 0 saturated carbocycles. The Morgan fingerprint density at radius 3 is 2.33 bits per heavy atom. The first-order chi connectivity index (χ1) is 14.0. The summed E-state index contributed by atoms with van der Waals surface area (Å²) in [6.07, 6.45) is 1.46. The smallest absolute Gasteiger partial charge is 0.410 e. The molecule has 1 aliphatic rings. The van der Waals surface area contributed by atoms with Crippen LogP contribution in [-0.4, -0.2) is 50.6 Å². The van der Waals surface area contributed by atoms with E-state index < -0.39 is 20.5 Å². The minimum Gasteiger partial charge on any atom is -0.464 e. The molecule has 1 fully saturated rings. The summed E-state index contributed by atoms with van der Waals surface area (Å²) >= 11 is 0. The second kappa shape index (κ2) is 10.4. The molecule has 2 rings (SSSR count). The van der Waals surface area contributed by atoms with E-state index in [4.69, 9.17) is 13.9 Å². The SMILES string of the molecule is CCOC(=O)C1CCC(O[Si](C)(C)C(C)(C)C)CCN1C(=O)OCc1ccccc1. The van der Waals surface area contributed by atoms with Crippen molar-refractivity contribution in [1.82, 2.24) is 4.90 Å². The van der Waals surface area contributed by atoms with Crippen molar-refractivity contribution in [2.75, 3.05) is 13.2 Å². The van der Waals surface area contributed by atoms with E-state index in [0.717, 1.165) is 12.0 Å². The van der Waals surface area contributed by atoms with Crippen LogP contribution < -0.4 is 0 Å². The van der Waals surface area contributed by atoms with E-state index in [0.29, 0.717) is 19.4 Å². The van der Waals surface area contributed by atoms with Crippen LogP contribution in [0.1, 0.15) is 52.5 Å². The Labute approximate surface area is 182 Å². The second-order valence-corrected chi connectivity index (χ2v) is 14.1. The molecule has 0 bridgehead atoms. The average molecular weight is 436 g/mol. The standard InChI is InChI=1S/C23H37NO5Si/c1-7-27-21(25)20-14-13-19(29-30(5,6)23(2,3)4)15-16-24(20)22(26)28-17-18-11-9-8-10-12-18/h8-12,19-20H,7,13-17H2,1-6H3. The molecular weight excluding hydrogens is 398 g/mol. The minimum absolute atomic E-state index is 0.0229. The maximum Gasteiger partial charge on any atom is 0.410 e. The molecule has 1 aliphatic heterocycles. The van der Waals surface area contributed by atoms with Crippen LogP contribution >= 0.6 is 0 Å². The molecule has 0 radical (unpaired) electrons. The maximum atomic E-state index is 12.9. The Hall–Kier alpha value is -1.86. The van der Waals surface area contributed by atoms with Gasteiger partial charge in [0.2, 0.25) is 0 Å². The summed E-state index contributed by atoms with van der Waals surface area (Å²) in [6.45, 7) is 13.7. The highest BCUT2D eigenvalue weighted by atomic mass is 28.4. The number of carbonyl (C=O) groups is 2. The molecule has 0 aromatic heterocycles. The molecule has 0 N–H and O–H groups in total. The molecule has 1 amide bonds. The molecule has 0 spiro atoms. The van der Waals surface area contributed by atoms with Crippen molar-refractivity contribution < 1.29 is 23.5 Å². The van der Waals surface area contributed by atoms with Gasteiger partial charge in [0.25, 0.3) is 0 Å². The van der Waals surface area contributed by atoms with Crippen LogP contribution in [-0.2, 0) is 25.3 Å². The van der Waals surface area contributed by atoms with Crippen LogP contribution in [0.5, 0.6) is 0 Å². The number of hydrogen-bond donors (Lipinski definition) is 0. The van der Waals surface area contributed by atoms with Crippen molar-refractivity contribution in [2.45, 2.75) is 83.8 Å². The molecular formula is C23H37NO5Si. The van der Waals surface area contributed by atoms with E-state index in [-0.39, 0.29) is 30.3 Å². The fourth-order valence-electron chi connectivity index (χ4n) is 3.30. The second-order valence-electron chi connectivity index (χ2n) is 9.37. The summed E-state index contributed by atoms with van der Waals surface area (Å²) in [5, 5.41) is 0.105. The number of hydrogen-bond acceptors (Lipinski definition) is 5. The van der Waals surface area contributed by atoms with Crippen LogP contribution in [0, 0.1) is 0 Å². The van der Waals surface area contributed by atoms with Gasteiger partial charge >= 0.3 is 12.1 Å². The first-order valence-electron chi connectivity index (χ1n) is 10.9. The monoisotopic (exact) mass is 435 g/mol. The molecule has 1 saturated heterocycles. The fraction of sp³-hybridized carbons (Fsp3) is 0.652. The van der Waals surface area contributed by atoms with Crippen molar-refractivity contribution >= 4 is 20.4 Å². The van der Waals surface area contributed by atoms with E-state index in [9.17, 15) is 9.59 Å². The predicted octanol–water partition coefficient (Wildman–Crippen LogP) is 5.13. The third-order valence-electron chi connectivity index (χ3n) is 6.10. The third-order valence-corrected chi connectivity index (χ3v) is 10.6. The lowest BCUT2D eigenvalue weighted by molar-refractivity contribution is -0.149. The zero-order chi connectivity index (χ0) is 22.4. The lowest BCUT2D eigenvalue weighted by Crippen LogP contribution is -2.46. The van der Waals surface area contributed by atoms with Crippen molar-refractivity contribution in [3.63, 3.8) is 0 Å². The summed E-state index contributed by atoms with van der Waals surface area (Å²) in [6, 6.07) is 8.89. The van der Waals surface area contributed by atoms with Crippen LogP contribution in [0.4, 0.5) is 4.79 Å². The molecule has 168 valence electrons. The normalized spacial score (nSPS) is 20.4. The third kappa shape index (κ3) is 6.57. The Morgan fingerprint density at radius 2 is 1.73 bits per heavy atom. The van der Waals surface area contributed by atoms with Crippen LogP contribution in [0.2, 0.25) is 18.1 Å². The van der Waals surface area contributed by atoms with Gasteiger partial charge in [-0.25, -0.2) is 9.59 Å². The lowest BCUT2D eigenvalue weighted by atomic mass is 10.1. The number of amides is 1. The van der Waals surface area contributed by atoms with Crippen molar-refractivity contribution in [3.8, 4) is 0 Å². The quantitative estimate of drug-likeness (QED) is 0.458. The number of ether oxygens (including phenoxy) is 2. The molecule has 1 aromatic rings. The molecule has 1 heterocycles. The van der Waals surface area contributed by atoms with E-state index in [2.05, 4.69) is 33.9 Å². The number of rotatable bonds is 6. The Balaban J connectivity index is 2.09. The molecule has 6 nitrogen and oxygen atoms in total. The minimum atomic E-state index is -1.94. The largest absolute Gasteiger partial charge is 0.464 e. The molecule has 1 aromatic carbocycles. The van der Waals surface area contributed by atoms with Crippen LogP contribution in [0.25, 0.3) is 0 Å². The van der Waals surface area contributed by atoms with Crippen LogP contribution in [0.15, 0.2) is 30.3 Å². The number of benzene rings is 1. The Morgan fingerprint density at radius 1 is 1.07 bits per heavy atom. The van der Waals surface area contributed by atoms with E-state index in [1.807, 2.05) is 30.3 Å². The summed E-state index contributed by atoms with van der Waals surface area (Å²) in [4.78, 5) is 27.0. The summed E-state index contributed by atoms with van der Waals surface area (Å²) in [7, 11) is -1.94. The van der Waals surface area contributed by atoms with Gasteiger partial charge < -0.3 is 13.9 Å². The van der Waals surface area contributed by atoms with Gasteiger partial charge in [0.15, 0.2) is 8.32 Å². The highest BCUT2D eigenvalue weighted by molar-refractivity contribution is 6.74. The van der Waals surface area contributed by atoms with E-state index >= 15 is 0 Å². The maximum absolute atomic E-state index is 12.9. The summed E-state index contributed by atoms with van der Waals surface area (Å²) < 4.78 is 17.3. The molecule has 30 heavy (non-hydrogen) atoms. The summed E-state index contributed by atoms with van der Waals surface area (Å²) in [5.41, 5.74) is 0.910. The van der Waals surface area contributed by atoms with Crippen molar-refractivity contribution in [3.05, 3.63) is 35.9 Å². The van der Waals surface area contributed by atoms with Gasteiger partial charge in [-0.1, -0.05) is 51.1 Å². The van der Waals surface area contributed by atoms with Crippen molar-refractivity contribution in [2.24, 2.45) is 0 Å².